The first-order chi connectivity index (χ1) is 7.76. The van der Waals surface area contributed by atoms with Crippen molar-refractivity contribution in [2.24, 2.45) is 5.92 Å². The molecule has 0 spiro atoms. The monoisotopic (exact) mass is 228 g/mol. The maximum absolute atomic E-state index is 10.1. The van der Waals surface area contributed by atoms with Crippen molar-refractivity contribution in [2.75, 3.05) is 0 Å². The van der Waals surface area contributed by atoms with Crippen LogP contribution >= 0.6 is 0 Å². The highest BCUT2D eigenvalue weighted by Gasteiger charge is 2.16. The Hall–Kier alpha value is -0.0400. The minimum atomic E-state index is -0.0403. The molecule has 0 radical (unpaired) electrons. The summed E-state index contributed by atoms with van der Waals surface area (Å²) in [6, 6.07) is 0. The first kappa shape index (κ1) is 16.0. The zero-order valence-corrected chi connectivity index (χ0v) is 11.7. The van der Waals surface area contributed by atoms with Crippen molar-refractivity contribution in [3.63, 3.8) is 0 Å². The minimum Gasteiger partial charge on any atom is -0.393 e. The lowest BCUT2D eigenvalue weighted by atomic mass is 9.89. The number of hydrogen-bond acceptors (Lipinski definition) is 1. The fraction of sp³-hybridized carbons (Fsp3) is 1.00. The minimum absolute atomic E-state index is 0.0403. The predicted molar refractivity (Wildman–Crippen MR) is 72.7 cm³/mol. The average Bonchev–Trinajstić information content (AvgIpc) is 2.28. The van der Waals surface area contributed by atoms with Gasteiger partial charge in [0.15, 0.2) is 0 Å². The van der Waals surface area contributed by atoms with Gasteiger partial charge in [-0.2, -0.15) is 0 Å². The lowest BCUT2D eigenvalue weighted by Crippen LogP contribution is -2.20. The van der Waals surface area contributed by atoms with Crippen LogP contribution < -0.4 is 0 Å². The molecule has 0 fully saturated rings. The molecule has 0 aromatic carbocycles. The standard InChI is InChI=1S/C15H32O/c1-4-7-8-9-10-13-15(16)14(11-5-2)12-6-3/h14-16H,4-13H2,1-3H3. The molecule has 16 heavy (non-hydrogen) atoms. The topological polar surface area (TPSA) is 20.2 Å². The van der Waals surface area contributed by atoms with E-state index in [4.69, 9.17) is 0 Å². The second-order valence-electron chi connectivity index (χ2n) is 5.11. The molecule has 0 aliphatic rings. The Labute approximate surface area is 103 Å². The maximum Gasteiger partial charge on any atom is 0.0568 e. The third-order valence-corrected chi connectivity index (χ3v) is 3.47. The second-order valence-corrected chi connectivity index (χ2v) is 5.11. The van der Waals surface area contributed by atoms with Crippen molar-refractivity contribution >= 4 is 0 Å². The van der Waals surface area contributed by atoms with Crippen LogP contribution in [0.25, 0.3) is 0 Å². The lowest BCUT2D eigenvalue weighted by molar-refractivity contribution is 0.0853. The van der Waals surface area contributed by atoms with E-state index < -0.39 is 0 Å². The molecule has 1 heteroatoms. The number of unbranched alkanes of at least 4 members (excludes halogenated alkanes) is 4. The highest BCUT2D eigenvalue weighted by atomic mass is 16.3. The van der Waals surface area contributed by atoms with Crippen molar-refractivity contribution in [2.45, 2.75) is 91.1 Å². The van der Waals surface area contributed by atoms with E-state index in [-0.39, 0.29) is 6.10 Å². The third kappa shape index (κ3) is 8.15. The van der Waals surface area contributed by atoms with Crippen molar-refractivity contribution in [1.82, 2.24) is 0 Å². The quantitative estimate of drug-likeness (QED) is 0.497. The molecule has 0 heterocycles. The van der Waals surface area contributed by atoms with E-state index in [0.717, 1.165) is 6.42 Å². The zero-order chi connectivity index (χ0) is 12.2. The molecule has 1 nitrogen and oxygen atoms in total. The van der Waals surface area contributed by atoms with Gasteiger partial charge in [-0.15, -0.1) is 0 Å². The van der Waals surface area contributed by atoms with Gasteiger partial charge >= 0.3 is 0 Å². The molecule has 0 saturated heterocycles. The van der Waals surface area contributed by atoms with E-state index in [1.807, 2.05) is 0 Å². The van der Waals surface area contributed by atoms with Crippen LogP contribution in [0.4, 0.5) is 0 Å². The van der Waals surface area contributed by atoms with Gasteiger partial charge in [0, 0.05) is 0 Å². The molecule has 0 bridgehead atoms. The van der Waals surface area contributed by atoms with Gasteiger partial charge in [0.2, 0.25) is 0 Å². The van der Waals surface area contributed by atoms with Gasteiger partial charge in [-0.25, -0.2) is 0 Å². The molecule has 1 atom stereocenters. The van der Waals surface area contributed by atoms with E-state index in [1.165, 1.54) is 57.8 Å². The number of hydrogen-bond donors (Lipinski definition) is 1. The smallest absolute Gasteiger partial charge is 0.0568 e. The predicted octanol–water partition coefficient (Wildman–Crippen LogP) is 4.92. The molecule has 0 amide bonds. The van der Waals surface area contributed by atoms with E-state index in [0.29, 0.717) is 5.92 Å². The van der Waals surface area contributed by atoms with Gasteiger partial charge in [-0.05, 0) is 25.2 Å². The summed E-state index contributed by atoms with van der Waals surface area (Å²) < 4.78 is 0. The highest BCUT2D eigenvalue weighted by Crippen LogP contribution is 2.22. The Kier molecular flexibility index (Phi) is 11.4. The Morgan fingerprint density at radius 3 is 1.75 bits per heavy atom. The van der Waals surface area contributed by atoms with Crippen LogP contribution in [0.3, 0.4) is 0 Å². The third-order valence-electron chi connectivity index (χ3n) is 3.47. The fourth-order valence-corrected chi connectivity index (χ4v) is 2.46. The summed E-state index contributed by atoms with van der Waals surface area (Å²) in [5.41, 5.74) is 0. The summed E-state index contributed by atoms with van der Waals surface area (Å²) in [6.45, 7) is 6.68. The molecule has 0 saturated carbocycles. The summed E-state index contributed by atoms with van der Waals surface area (Å²) in [7, 11) is 0. The summed E-state index contributed by atoms with van der Waals surface area (Å²) in [6.07, 6.45) is 12.3. The molecule has 0 aliphatic carbocycles. The molecule has 0 aromatic rings. The average molecular weight is 228 g/mol. The Morgan fingerprint density at radius 2 is 1.25 bits per heavy atom. The first-order valence-electron chi connectivity index (χ1n) is 7.44. The Bertz CT molecular complexity index is 127. The van der Waals surface area contributed by atoms with Crippen LogP contribution in [0.5, 0.6) is 0 Å². The number of aliphatic hydroxyl groups excluding tert-OH is 1. The molecule has 1 unspecified atom stereocenters. The second kappa shape index (κ2) is 11.4. The van der Waals surface area contributed by atoms with Crippen molar-refractivity contribution in [3.8, 4) is 0 Å². The molecular formula is C15H32O. The van der Waals surface area contributed by atoms with Crippen LogP contribution in [0, 0.1) is 5.92 Å². The van der Waals surface area contributed by atoms with E-state index in [1.54, 1.807) is 0 Å². The molecule has 1 N–H and O–H groups in total. The summed E-state index contributed by atoms with van der Waals surface area (Å²) in [5.74, 6) is 0.557. The Balaban J connectivity index is 3.60. The first-order valence-corrected chi connectivity index (χ1v) is 7.44. The molecule has 0 rings (SSSR count). The normalized spacial score (nSPS) is 13.3. The van der Waals surface area contributed by atoms with Crippen LogP contribution in [-0.2, 0) is 0 Å². The zero-order valence-electron chi connectivity index (χ0n) is 11.7. The summed E-state index contributed by atoms with van der Waals surface area (Å²) >= 11 is 0. The maximum atomic E-state index is 10.1. The van der Waals surface area contributed by atoms with Gasteiger partial charge in [-0.1, -0.05) is 65.7 Å². The number of rotatable bonds is 11. The van der Waals surface area contributed by atoms with E-state index in [9.17, 15) is 5.11 Å². The summed E-state index contributed by atoms with van der Waals surface area (Å²) in [4.78, 5) is 0. The molecular weight excluding hydrogens is 196 g/mol. The van der Waals surface area contributed by atoms with Crippen LogP contribution in [0.15, 0.2) is 0 Å². The molecule has 0 aromatic heterocycles. The summed E-state index contributed by atoms with van der Waals surface area (Å²) in [5, 5.41) is 10.1. The lowest BCUT2D eigenvalue weighted by Gasteiger charge is -2.22. The van der Waals surface area contributed by atoms with Gasteiger partial charge in [0.25, 0.3) is 0 Å². The van der Waals surface area contributed by atoms with Gasteiger partial charge in [0.05, 0.1) is 6.10 Å². The van der Waals surface area contributed by atoms with Crippen LogP contribution in [0.2, 0.25) is 0 Å². The fourth-order valence-electron chi connectivity index (χ4n) is 2.46. The van der Waals surface area contributed by atoms with Gasteiger partial charge in [-0.3, -0.25) is 0 Å². The van der Waals surface area contributed by atoms with Crippen molar-refractivity contribution < 1.29 is 5.11 Å². The van der Waals surface area contributed by atoms with Crippen LogP contribution in [0.1, 0.15) is 85.0 Å². The van der Waals surface area contributed by atoms with Gasteiger partial charge in [0.1, 0.15) is 0 Å². The van der Waals surface area contributed by atoms with Crippen molar-refractivity contribution in [1.29, 1.82) is 0 Å². The SMILES string of the molecule is CCCCCCCC(O)C(CCC)CCC. The highest BCUT2D eigenvalue weighted by molar-refractivity contribution is 4.68. The van der Waals surface area contributed by atoms with Gasteiger partial charge < -0.3 is 5.11 Å². The number of aliphatic hydroxyl groups is 1. The van der Waals surface area contributed by atoms with Crippen molar-refractivity contribution in [3.05, 3.63) is 0 Å². The van der Waals surface area contributed by atoms with E-state index in [2.05, 4.69) is 20.8 Å². The molecule has 98 valence electrons. The van der Waals surface area contributed by atoms with Crippen LogP contribution in [-0.4, -0.2) is 11.2 Å². The molecule has 0 aliphatic heterocycles. The largest absolute Gasteiger partial charge is 0.393 e. The Morgan fingerprint density at radius 1 is 0.688 bits per heavy atom. The van der Waals surface area contributed by atoms with E-state index >= 15 is 0 Å².